The first-order chi connectivity index (χ1) is 18.1. The van der Waals surface area contributed by atoms with Crippen molar-refractivity contribution in [3.63, 3.8) is 0 Å². The van der Waals surface area contributed by atoms with Crippen LogP contribution in [0, 0.1) is 11.7 Å². The van der Waals surface area contributed by atoms with E-state index in [0.717, 1.165) is 44.0 Å². The average Bonchev–Trinajstić information content (AvgIpc) is 3.37. The molecule has 3 N–H and O–H groups in total. The minimum atomic E-state index is -0.519. The molecule has 2 amide bonds. The summed E-state index contributed by atoms with van der Waals surface area (Å²) in [5, 5.41) is 5.79. The number of hydrogen-bond donors (Lipinski definition) is 3. The molecular weight excluding hydrogens is 485 g/mol. The Kier molecular flexibility index (Phi) is 8.36. The van der Waals surface area contributed by atoms with Crippen molar-refractivity contribution < 1.29 is 18.8 Å². The Hall–Kier alpha value is -3.85. The molecule has 1 aliphatic heterocycles. The molecule has 0 radical (unpaired) electrons. The Morgan fingerprint density at radius 1 is 1.03 bits per heavy atom. The number of rotatable bonds is 9. The third-order valence-electron chi connectivity index (χ3n) is 6.77. The number of nitrogens with zero attached hydrogens (tertiary/aromatic N) is 2. The Labute approximate surface area is 222 Å². The second-order valence-electron chi connectivity index (χ2n) is 10.7. The van der Waals surface area contributed by atoms with Crippen LogP contribution in [0.5, 0.6) is 0 Å². The van der Waals surface area contributed by atoms with Crippen LogP contribution in [0.4, 0.5) is 10.1 Å². The summed E-state index contributed by atoms with van der Waals surface area (Å²) < 4.78 is 13.1. The number of anilines is 1. The highest BCUT2D eigenvalue weighted by atomic mass is 19.1. The van der Waals surface area contributed by atoms with Gasteiger partial charge in [-0.15, -0.1) is 0 Å². The maximum Gasteiger partial charge on any atom is 0.276 e. The lowest BCUT2D eigenvalue weighted by atomic mass is 9.96. The van der Waals surface area contributed by atoms with Crippen LogP contribution in [0.1, 0.15) is 70.5 Å². The fourth-order valence-corrected chi connectivity index (χ4v) is 4.65. The number of likely N-dealkylation sites (tertiary alicyclic amines) is 1. The van der Waals surface area contributed by atoms with Gasteiger partial charge >= 0.3 is 0 Å². The van der Waals surface area contributed by atoms with Crippen LogP contribution in [0.3, 0.4) is 0 Å². The topological polar surface area (TPSA) is 107 Å². The van der Waals surface area contributed by atoms with Crippen LogP contribution in [0.15, 0.2) is 54.9 Å². The molecule has 0 saturated carbocycles. The van der Waals surface area contributed by atoms with Crippen molar-refractivity contribution in [2.45, 2.75) is 45.6 Å². The molecule has 0 spiro atoms. The summed E-state index contributed by atoms with van der Waals surface area (Å²) in [5.41, 5.74) is 1.30. The molecule has 8 nitrogen and oxygen atoms in total. The lowest BCUT2D eigenvalue weighted by Gasteiger charge is -2.37. The van der Waals surface area contributed by atoms with E-state index in [1.807, 2.05) is 13.8 Å². The van der Waals surface area contributed by atoms with Crippen molar-refractivity contribution in [1.82, 2.24) is 20.2 Å². The third-order valence-corrected chi connectivity index (χ3v) is 6.77. The number of aromatic nitrogens is 2. The van der Waals surface area contributed by atoms with Gasteiger partial charge in [-0.1, -0.05) is 19.1 Å². The number of aromatic amines is 1. The third kappa shape index (κ3) is 7.13. The van der Waals surface area contributed by atoms with Crippen molar-refractivity contribution in [2.24, 2.45) is 5.92 Å². The zero-order valence-electron chi connectivity index (χ0n) is 22.0. The maximum absolute atomic E-state index is 13.1. The van der Waals surface area contributed by atoms with Crippen LogP contribution in [-0.2, 0) is 6.42 Å². The van der Waals surface area contributed by atoms with E-state index in [9.17, 15) is 18.8 Å². The number of piperidine rings is 1. The number of H-pyrrole nitrogens is 1. The van der Waals surface area contributed by atoms with Gasteiger partial charge in [-0.05, 0) is 87.7 Å². The number of hydrogen-bond acceptors (Lipinski definition) is 5. The minimum absolute atomic E-state index is 0.000612. The average molecular weight is 520 g/mol. The highest BCUT2D eigenvalue weighted by Gasteiger charge is 2.29. The standard InChI is InChI=1S/C29H34FN5O3/c1-19-12-14-35(15-13-19)17-29(2,3)34-28(38)26-25(31-18-32-26)27(37)33-23-10-4-20(5-11-23)16-24(36)21-6-8-22(30)9-7-21/h4-11,18-19H,12-17H2,1-3H3,(H,31,32)(H,33,37)(H,34,38). The molecule has 4 rings (SSSR count). The molecular formula is C29H34FN5O3. The molecule has 2 aromatic carbocycles. The van der Waals surface area contributed by atoms with E-state index in [1.54, 1.807) is 24.3 Å². The number of imidazole rings is 1. The normalized spacial score (nSPS) is 14.7. The highest BCUT2D eigenvalue weighted by Crippen LogP contribution is 2.19. The van der Waals surface area contributed by atoms with Crippen LogP contribution in [0.2, 0.25) is 0 Å². The lowest BCUT2D eigenvalue weighted by molar-refractivity contribution is 0.0855. The van der Waals surface area contributed by atoms with Crippen molar-refractivity contribution in [3.05, 3.63) is 83.2 Å². The monoisotopic (exact) mass is 519 g/mol. The molecule has 1 fully saturated rings. The van der Waals surface area contributed by atoms with Gasteiger partial charge in [0.05, 0.1) is 6.33 Å². The fourth-order valence-electron chi connectivity index (χ4n) is 4.65. The molecule has 38 heavy (non-hydrogen) atoms. The number of nitrogens with one attached hydrogen (secondary N) is 3. The van der Waals surface area contributed by atoms with E-state index in [-0.39, 0.29) is 23.6 Å². The van der Waals surface area contributed by atoms with Crippen molar-refractivity contribution in [3.8, 4) is 0 Å². The Bertz CT molecular complexity index is 1280. The molecule has 2 heterocycles. The van der Waals surface area contributed by atoms with Gasteiger partial charge in [0.2, 0.25) is 0 Å². The largest absolute Gasteiger partial charge is 0.345 e. The van der Waals surface area contributed by atoms with Gasteiger partial charge < -0.3 is 20.5 Å². The Morgan fingerprint density at radius 2 is 1.68 bits per heavy atom. The highest BCUT2D eigenvalue weighted by molar-refractivity contribution is 6.10. The van der Waals surface area contributed by atoms with Gasteiger partial charge in [0.1, 0.15) is 11.5 Å². The number of Topliss-reactive ketones (excluding diaryl/α,β-unsaturated/α-hetero) is 1. The van der Waals surface area contributed by atoms with Gasteiger partial charge in [0.15, 0.2) is 11.5 Å². The van der Waals surface area contributed by atoms with Crippen LogP contribution >= 0.6 is 0 Å². The zero-order valence-corrected chi connectivity index (χ0v) is 22.0. The molecule has 0 aliphatic carbocycles. The molecule has 0 bridgehead atoms. The van der Waals surface area contributed by atoms with Crippen LogP contribution in [0.25, 0.3) is 0 Å². The number of amides is 2. The summed E-state index contributed by atoms with van der Waals surface area (Å²) in [6.07, 6.45) is 3.78. The van der Waals surface area contributed by atoms with E-state index >= 15 is 0 Å². The van der Waals surface area contributed by atoms with E-state index in [2.05, 4.69) is 32.4 Å². The van der Waals surface area contributed by atoms with E-state index < -0.39 is 23.2 Å². The molecule has 200 valence electrons. The maximum atomic E-state index is 13.1. The molecule has 0 unspecified atom stereocenters. The first kappa shape index (κ1) is 27.2. The molecule has 1 aromatic heterocycles. The van der Waals surface area contributed by atoms with Gasteiger partial charge in [-0.25, -0.2) is 9.37 Å². The predicted molar refractivity (Wildman–Crippen MR) is 144 cm³/mol. The summed E-state index contributed by atoms with van der Waals surface area (Å²) in [4.78, 5) is 47.6. The van der Waals surface area contributed by atoms with Gasteiger partial charge in [0, 0.05) is 29.8 Å². The molecule has 0 atom stereocenters. The van der Waals surface area contributed by atoms with Gasteiger partial charge in [-0.3, -0.25) is 14.4 Å². The summed E-state index contributed by atoms with van der Waals surface area (Å²) >= 11 is 0. The number of carbonyl (C=O) groups is 3. The van der Waals surface area contributed by atoms with Crippen molar-refractivity contribution >= 4 is 23.3 Å². The van der Waals surface area contributed by atoms with E-state index in [1.165, 1.54) is 30.6 Å². The van der Waals surface area contributed by atoms with E-state index in [4.69, 9.17) is 0 Å². The van der Waals surface area contributed by atoms with Crippen LogP contribution < -0.4 is 10.6 Å². The zero-order chi connectivity index (χ0) is 27.3. The van der Waals surface area contributed by atoms with E-state index in [0.29, 0.717) is 11.3 Å². The van der Waals surface area contributed by atoms with Gasteiger partial charge in [-0.2, -0.15) is 0 Å². The lowest BCUT2D eigenvalue weighted by Crippen LogP contribution is -2.53. The Morgan fingerprint density at radius 3 is 2.34 bits per heavy atom. The predicted octanol–water partition coefficient (Wildman–Crippen LogP) is 4.47. The number of halogens is 1. The van der Waals surface area contributed by atoms with Crippen molar-refractivity contribution in [1.29, 1.82) is 0 Å². The van der Waals surface area contributed by atoms with Gasteiger partial charge in [0.25, 0.3) is 11.8 Å². The fraction of sp³-hybridized carbons (Fsp3) is 0.379. The number of carbonyl (C=O) groups excluding carboxylic acids is 3. The summed E-state index contributed by atoms with van der Waals surface area (Å²) in [6.45, 7) is 8.95. The first-order valence-electron chi connectivity index (χ1n) is 12.9. The molecule has 1 saturated heterocycles. The summed E-state index contributed by atoms with van der Waals surface area (Å²) in [7, 11) is 0. The Balaban J connectivity index is 1.34. The summed E-state index contributed by atoms with van der Waals surface area (Å²) in [5.74, 6) is -0.705. The summed E-state index contributed by atoms with van der Waals surface area (Å²) in [6, 6.07) is 12.3. The van der Waals surface area contributed by atoms with Crippen LogP contribution in [-0.4, -0.2) is 57.6 Å². The number of benzene rings is 2. The smallest absolute Gasteiger partial charge is 0.276 e. The van der Waals surface area contributed by atoms with Crippen molar-refractivity contribution in [2.75, 3.05) is 25.0 Å². The quantitative estimate of drug-likeness (QED) is 0.362. The first-order valence-corrected chi connectivity index (χ1v) is 12.9. The second kappa shape index (κ2) is 11.7. The molecule has 1 aliphatic rings. The second-order valence-corrected chi connectivity index (χ2v) is 10.7. The SMILES string of the molecule is CC1CCN(CC(C)(C)NC(=O)c2[nH]cnc2C(=O)Nc2ccc(CC(=O)c3ccc(F)cc3)cc2)CC1. The molecule has 3 aromatic rings. The number of ketones is 1. The minimum Gasteiger partial charge on any atom is -0.345 e. The molecule has 9 heteroatoms.